The minimum Gasteiger partial charge on any atom is -0.383 e. The maximum atomic E-state index is 11.4. The first kappa shape index (κ1) is 13.7. The highest BCUT2D eigenvalue weighted by molar-refractivity contribution is 7.84. The molecule has 2 N–H and O–H groups in total. The van der Waals surface area contributed by atoms with Crippen molar-refractivity contribution in [1.82, 2.24) is 14.5 Å². The molecule has 0 amide bonds. The summed E-state index contributed by atoms with van der Waals surface area (Å²) in [6.07, 6.45) is 7.79. The lowest BCUT2D eigenvalue weighted by atomic mass is 10.2. The SMILES string of the molecule is CC(CCn1cncc1-c1cccnc1N)S(C)=O. The molecular weight excluding hydrogens is 260 g/mol. The molecule has 6 heteroatoms. The van der Waals surface area contributed by atoms with Crippen molar-refractivity contribution in [1.29, 1.82) is 0 Å². The highest BCUT2D eigenvalue weighted by atomic mass is 32.2. The summed E-state index contributed by atoms with van der Waals surface area (Å²) < 4.78 is 13.4. The summed E-state index contributed by atoms with van der Waals surface area (Å²) in [5, 5.41) is 0.168. The molecule has 102 valence electrons. The van der Waals surface area contributed by atoms with E-state index >= 15 is 0 Å². The quantitative estimate of drug-likeness (QED) is 0.903. The van der Waals surface area contributed by atoms with E-state index in [0.29, 0.717) is 5.82 Å². The summed E-state index contributed by atoms with van der Waals surface area (Å²) in [5.41, 5.74) is 7.71. The summed E-state index contributed by atoms with van der Waals surface area (Å²) >= 11 is 0. The highest BCUT2D eigenvalue weighted by Gasteiger charge is 2.11. The number of aromatic nitrogens is 3. The second kappa shape index (κ2) is 5.97. The largest absolute Gasteiger partial charge is 0.383 e. The number of anilines is 1. The molecule has 2 aromatic heterocycles. The topological polar surface area (TPSA) is 73.8 Å². The van der Waals surface area contributed by atoms with Crippen molar-refractivity contribution < 1.29 is 4.21 Å². The van der Waals surface area contributed by atoms with Gasteiger partial charge in [0.2, 0.25) is 0 Å². The Balaban J connectivity index is 2.19. The average Bonchev–Trinajstić information content (AvgIpc) is 2.84. The lowest BCUT2D eigenvalue weighted by Crippen LogP contribution is -2.13. The Kier molecular flexibility index (Phi) is 4.31. The van der Waals surface area contributed by atoms with Crippen LogP contribution in [0, 0.1) is 0 Å². The summed E-state index contributed by atoms with van der Waals surface area (Å²) in [4.78, 5) is 8.25. The van der Waals surface area contributed by atoms with Gasteiger partial charge in [0, 0.05) is 40.6 Å². The lowest BCUT2D eigenvalue weighted by molar-refractivity contribution is 0.622. The van der Waals surface area contributed by atoms with Gasteiger partial charge in [-0.2, -0.15) is 0 Å². The first-order chi connectivity index (χ1) is 9.09. The van der Waals surface area contributed by atoms with Crippen molar-refractivity contribution in [3.8, 4) is 11.3 Å². The molecule has 0 radical (unpaired) electrons. The number of nitrogens with two attached hydrogens (primary N) is 1. The van der Waals surface area contributed by atoms with Crippen LogP contribution < -0.4 is 5.73 Å². The third-order valence-electron chi connectivity index (χ3n) is 3.17. The Hall–Kier alpha value is -1.69. The van der Waals surface area contributed by atoms with Crippen LogP contribution >= 0.6 is 0 Å². The Morgan fingerprint density at radius 3 is 3.00 bits per heavy atom. The molecule has 0 fully saturated rings. The molecule has 0 spiro atoms. The fraction of sp³-hybridized carbons (Fsp3) is 0.385. The maximum absolute atomic E-state index is 11.4. The zero-order chi connectivity index (χ0) is 13.8. The average molecular weight is 278 g/mol. The second-order valence-electron chi connectivity index (χ2n) is 4.51. The Labute approximate surface area is 115 Å². The number of pyridine rings is 1. The Morgan fingerprint density at radius 1 is 1.53 bits per heavy atom. The zero-order valence-electron chi connectivity index (χ0n) is 11.1. The summed E-state index contributed by atoms with van der Waals surface area (Å²) in [7, 11) is -0.798. The van der Waals surface area contributed by atoms with E-state index in [1.54, 1.807) is 25.0 Å². The Bertz CT molecular complexity index is 582. The van der Waals surface area contributed by atoms with E-state index in [2.05, 4.69) is 9.97 Å². The van der Waals surface area contributed by atoms with E-state index in [9.17, 15) is 4.21 Å². The van der Waals surface area contributed by atoms with Gasteiger partial charge in [0.1, 0.15) is 5.82 Å². The van der Waals surface area contributed by atoms with Crippen LogP contribution in [0.25, 0.3) is 11.3 Å². The van der Waals surface area contributed by atoms with E-state index in [1.807, 2.05) is 23.6 Å². The van der Waals surface area contributed by atoms with Gasteiger partial charge in [0.25, 0.3) is 0 Å². The second-order valence-corrected chi connectivity index (χ2v) is 6.31. The standard InChI is InChI=1S/C13H18N4OS/c1-10(19(2)18)5-7-17-9-15-8-12(17)11-4-3-6-16-13(11)14/h3-4,6,8-10H,5,7H2,1-2H3,(H2,14,16). The molecule has 2 rings (SSSR count). The molecule has 2 aromatic rings. The first-order valence-corrected chi connectivity index (χ1v) is 7.75. The van der Waals surface area contributed by atoms with Gasteiger partial charge in [0.05, 0.1) is 18.2 Å². The van der Waals surface area contributed by atoms with Crippen LogP contribution in [-0.4, -0.2) is 30.2 Å². The molecule has 0 aromatic carbocycles. The lowest BCUT2D eigenvalue weighted by Gasteiger charge is -2.12. The number of hydrogen-bond donors (Lipinski definition) is 1. The maximum Gasteiger partial charge on any atom is 0.132 e. The van der Waals surface area contributed by atoms with E-state index in [0.717, 1.165) is 24.2 Å². The molecule has 0 aliphatic heterocycles. The van der Waals surface area contributed by atoms with Crippen molar-refractivity contribution >= 4 is 16.6 Å². The van der Waals surface area contributed by atoms with Crippen LogP contribution in [0.1, 0.15) is 13.3 Å². The van der Waals surface area contributed by atoms with Crippen LogP contribution in [0.5, 0.6) is 0 Å². The van der Waals surface area contributed by atoms with E-state index in [4.69, 9.17) is 5.73 Å². The molecule has 0 saturated heterocycles. The van der Waals surface area contributed by atoms with E-state index < -0.39 is 10.8 Å². The van der Waals surface area contributed by atoms with Gasteiger partial charge in [0.15, 0.2) is 0 Å². The molecule has 19 heavy (non-hydrogen) atoms. The van der Waals surface area contributed by atoms with Crippen molar-refractivity contribution in [3.63, 3.8) is 0 Å². The van der Waals surface area contributed by atoms with Crippen molar-refractivity contribution in [2.45, 2.75) is 25.1 Å². The zero-order valence-corrected chi connectivity index (χ0v) is 11.9. The minimum absolute atomic E-state index is 0.168. The number of imidazole rings is 1. The molecule has 2 heterocycles. The summed E-state index contributed by atoms with van der Waals surface area (Å²) in [6.45, 7) is 2.76. The van der Waals surface area contributed by atoms with Gasteiger partial charge in [-0.1, -0.05) is 6.92 Å². The summed E-state index contributed by atoms with van der Waals surface area (Å²) in [6, 6.07) is 3.78. The fourth-order valence-electron chi connectivity index (χ4n) is 1.84. The predicted molar refractivity (Wildman–Crippen MR) is 78.0 cm³/mol. The molecule has 5 nitrogen and oxygen atoms in total. The number of hydrogen-bond acceptors (Lipinski definition) is 4. The van der Waals surface area contributed by atoms with Crippen molar-refractivity contribution in [3.05, 3.63) is 30.9 Å². The number of aryl methyl sites for hydroxylation is 1. The van der Waals surface area contributed by atoms with Gasteiger partial charge in [-0.15, -0.1) is 0 Å². The van der Waals surface area contributed by atoms with Crippen LogP contribution in [0.15, 0.2) is 30.9 Å². The normalized spacial score (nSPS) is 14.2. The Morgan fingerprint density at radius 2 is 2.32 bits per heavy atom. The van der Waals surface area contributed by atoms with Crippen LogP contribution in [0.3, 0.4) is 0 Å². The van der Waals surface area contributed by atoms with Crippen molar-refractivity contribution in [2.24, 2.45) is 0 Å². The smallest absolute Gasteiger partial charge is 0.132 e. The minimum atomic E-state index is -0.798. The molecule has 0 bridgehead atoms. The number of nitrogen functional groups attached to an aromatic ring is 1. The van der Waals surface area contributed by atoms with Crippen molar-refractivity contribution in [2.75, 3.05) is 12.0 Å². The first-order valence-electron chi connectivity index (χ1n) is 6.13. The molecule has 2 atom stereocenters. The molecule has 2 unspecified atom stereocenters. The van der Waals surface area contributed by atoms with Gasteiger partial charge in [-0.05, 0) is 18.6 Å². The third kappa shape index (κ3) is 3.20. The number of rotatable bonds is 5. The van der Waals surface area contributed by atoms with Crippen LogP contribution in [0.4, 0.5) is 5.82 Å². The summed E-state index contributed by atoms with van der Waals surface area (Å²) in [5.74, 6) is 0.497. The molecule has 0 aliphatic rings. The van der Waals surface area contributed by atoms with Crippen LogP contribution in [-0.2, 0) is 17.3 Å². The molecular formula is C13H18N4OS. The molecule has 0 aliphatic carbocycles. The van der Waals surface area contributed by atoms with Gasteiger partial charge < -0.3 is 10.3 Å². The van der Waals surface area contributed by atoms with E-state index in [1.165, 1.54) is 0 Å². The molecule has 0 saturated carbocycles. The van der Waals surface area contributed by atoms with Gasteiger partial charge in [-0.25, -0.2) is 9.97 Å². The van der Waals surface area contributed by atoms with E-state index in [-0.39, 0.29) is 5.25 Å². The number of nitrogens with zero attached hydrogens (tertiary/aromatic N) is 3. The predicted octanol–water partition coefficient (Wildman–Crippen LogP) is 1.68. The fourth-order valence-corrected chi connectivity index (χ4v) is 2.28. The van der Waals surface area contributed by atoms with Gasteiger partial charge in [-0.3, -0.25) is 4.21 Å². The van der Waals surface area contributed by atoms with Crippen LogP contribution in [0.2, 0.25) is 0 Å². The highest BCUT2D eigenvalue weighted by Crippen LogP contribution is 2.23. The third-order valence-corrected chi connectivity index (χ3v) is 4.54. The monoisotopic (exact) mass is 278 g/mol. The van der Waals surface area contributed by atoms with Gasteiger partial charge >= 0.3 is 0 Å².